The molecule has 1 aromatic carbocycles. The molecule has 110 valence electrons. The fraction of sp³-hybridized carbons (Fsp3) is 0.333. The van der Waals surface area contributed by atoms with Crippen LogP contribution in [0, 0.1) is 23.0 Å². The van der Waals surface area contributed by atoms with E-state index in [0.717, 1.165) is 19.3 Å². The third kappa shape index (κ3) is 3.98. The second-order valence-electron chi connectivity index (χ2n) is 5.02. The first-order valence-electron chi connectivity index (χ1n) is 6.81. The zero-order valence-electron chi connectivity index (χ0n) is 11.8. The van der Waals surface area contributed by atoms with Gasteiger partial charge >= 0.3 is 0 Å². The van der Waals surface area contributed by atoms with E-state index in [-0.39, 0.29) is 11.3 Å². The minimum absolute atomic E-state index is 0.0657. The number of hydrogen-bond donors (Lipinski definition) is 1. The second kappa shape index (κ2) is 6.78. The molecule has 1 aliphatic rings. The van der Waals surface area contributed by atoms with Crippen LogP contribution in [-0.4, -0.2) is 17.0 Å². The molecule has 0 spiro atoms. The van der Waals surface area contributed by atoms with Crippen LogP contribution in [0.4, 0.5) is 5.69 Å². The lowest BCUT2D eigenvalue weighted by Gasteiger charge is -2.11. The van der Waals surface area contributed by atoms with Crippen LogP contribution in [0.5, 0.6) is 0 Å². The summed E-state index contributed by atoms with van der Waals surface area (Å²) in [6.07, 6.45) is 8.93. The molecule has 0 saturated carbocycles. The molecule has 6 heteroatoms. The fourth-order valence-corrected chi connectivity index (χ4v) is 2.17. The Hall–Kier alpha value is -2.50. The molecule has 1 N–H and O–H groups in total. The molecule has 0 heterocycles. The van der Waals surface area contributed by atoms with Gasteiger partial charge in [-0.1, -0.05) is 18.2 Å². The van der Waals surface area contributed by atoms with Gasteiger partial charge < -0.3 is 0 Å². The zero-order chi connectivity index (χ0) is 15.2. The lowest BCUT2D eigenvalue weighted by atomic mass is 9.96. The number of nitrogens with one attached hydrogen (secondary N) is 1. The van der Waals surface area contributed by atoms with E-state index < -0.39 is 10.8 Å². The first kappa shape index (κ1) is 14.9. The molecule has 0 aromatic heterocycles. The van der Waals surface area contributed by atoms with E-state index in [1.807, 2.05) is 0 Å². The van der Waals surface area contributed by atoms with Gasteiger partial charge in [-0.05, 0) is 38.2 Å². The highest BCUT2D eigenvalue weighted by Crippen LogP contribution is 2.19. The van der Waals surface area contributed by atoms with Gasteiger partial charge in [0.1, 0.15) is 0 Å². The van der Waals surface area contributed by atoms with E-state index in [0.29, 0.717) is 11.5 Å². The van der Waals surface area contributed by atoms with Crippen LogP contribution >= 0.6 is 0 Å². The average molecular weight is 287 g/mol. The molecule has 6 nitrogen and oxygen atoms in total. The van der Waals surface area contributed by atoms with Gasteiger partial charge in [0.15, 0.2) is 0 Å². The number of allylic oxidation sites excluding steroid dienone is 2. The van der Waals surface area contributed by atoms with Crippen molar-refractivity contribution in [1.82, 2.24) is 5.43 Å². The maximum absolute atomic E-state index is 11.9. The van der Waals surface area contributed by atoms with Gasteiger partial charge in [0.05, 0.1) is 4.92 Å². The topological polar surface area (TPSA) is 84.6 Å². The smallest absolute Gasteiger partial charge is 0.267 e. The van der Waals surface area contributed by atoms with Gasteiger partial charge in [0, 0.05) is 23.4 Å². The number of nitro benzene ring substituents is 1. The van der Waals surface area contributed by atoms with Crippen molar-refractivity contribution in [3.63, 3.8) is 0 Å². The third-order valence-electron chi connectivity index (χ3n) is 3.43. The summed E-state index contributed by atoms with van der Waals surface area (Å²) in [6, 6.07) is 4.38. The van der Waals surface area contributed by atoms with Gasteiger partial charge in [-0.3, -0.25) is 14.9 Å². The minimum atomic E-state index is -0.496. The Morgan fingerprint density at radius 3 is 2.95 bits per heavy atom. The van der Waals surface area contributed by atoms with Gasteiger partial charge in [0.25, 0.3) is 11.6 Å². The Balaban J connectivity index is 2.00. The predicted octanol–water partition coefficient (Wildman–Crippen LogP) is 2.98. The van der Waals surface area contributed by atoms with E-state index in [9.17, 15) is 14.9 Å². The molecular formula is C15H17N3O3. The highest BCUT2D eigenvalue weighted by Gasteiger charge is 2.14. The summed E-state index contributed by atoms with van der Waals surface area (Å²) in [5.41, 5.74) is 3.10. The SMILES string of the molecule is Cc1ccc(C(=O)N/N=C\C2CC=CCC2)cc1[N+](=O)[O-]. The van der Waals surface area contributed by atoms with Crippen molar-refractivity contribution in [3.05, 3.63) is 51.6 Å². The van der Waals surface area contributed by atoms with Crippen molar-refractivity contribution in [1.29, 1.82) is 0 Å². The maximum atomic E-state index is 11.9. The molecule has 1 unspecified atom stereocenters. The first-order chi connectivity index (χ1) is 10.1. The van der Waals surface area contributed by atoms with Gasteiger partial charge in [-0.25, -0.2) is 5.43 Å². The highest BCUT2D eigenvalue weighted by molar-refractivity contribution is 5.95. The number of amides is 1. The number of carbonyl (C=O) groups excluding carboxylic acids is 1. The van der Waals surface area contributed by atoms with Crippen molar-refractivity contribution < 1.29 is 9.72 Å². The fourth-order valence-electron chi connectivity index (χ4n) is 2.17. The number of benzene rings is 1. The number of hydrazone groups is 1. The van der Waals surface area contributed by atoms with Crippen LogP contribution in [0.15, 0.2) is 35.5 Å². The van der Waals surface area contributed by atoms with Crippen molar-refractivity contribution >= 4 is 17.8 Å². The van der Waals surface area contributed by atoms with Crippen molar-refractivity contribution in [2.45, 2.75) is 26.2 Å². The number of nitrogens with zero attached hydrogens (tertiary/aromatic N) is 2. The van der Waals surface area contributed by atoms with Crippen molar-refractivity contribution in [2.24, 2.45) is 11.0 Å². The number of nitro groups is 1. The number of aryl methyl sites for hydroxylation is 1. The van der Waals surface area contributed by atoms with Gasteiger partial charge in [0.2, 0.25) is 0 Å². The normalized spacial score (nSPS) is 17.9. The molecule has 0 fully saturated rings. The average Bonchev–Trinajstić information content (AvgIpc) is 2.48. The van der Waals surface area contributed by atoms with Gasteiger partial charge in [-0.2, -0.15) is 5.10 Å². The van der Waals surface area contributed by atoms with E-state index in [4.69, 9.17) is 0 Å². The number of rotatable bonds is 4. The standard InChI is InChI=1S/C15H17N3O3/c1-11-7-8-13(9-14(11)18(20)21)15(19)17-16-10-12-5-3-2-4-6-12/h2-3,7-10,12H,4-6H2,1H3,(H,17,19)/b16-10-. The molecule has 0 aliphatic heterocycles. The third-order valence-corrected chi connectivity index (χ3v) is 3.43. The second-order valence-corrected chi connectivity index (χ2v) is 5.02. The van der Waals surface area contributed by atoms with Crippen LogP contribution in [0.3, 0.4) is 0 Å². The lowest BCUT2D eigenvalue weighted by molar-refractivity contribution is -0.385. The molecule has 1 amide bonds. The Morgan fingerprint density at radius 2 is 2.29 bits per heavy atom. The Labute approximate surface area is 122 Å². The zero-order valence-corrected chi connectivity index (χ0v) is 11.8. The van der Waals surface area contributed by atoms with Crippen LogP contribution in [0.2, 0.25) is 0 Å². The Morgan fingerprint density at radius 1 is 1.48 bits per heavy atom. The Kier molecular flexibility index (Phi) is 4.81. The minimum Gasteiger partial charge on any atom is -0.267 e. The first-order valence-corrected chi connectivity index (χ1v) is 6.81. The largest absolute Gasteiger partial charge is 0.273 e. The van der Waals surface area contributed by atoms with E-state index >= 15 is 0 Å². The highest BCUT2D eigenvalue weighted by atomic mass is 16.6. The quantitative estimate of drug-likeness (QED) is 0.400. The van der Waals surface area contributed by atoms with Crippen molar-refractivity contribution in [3.8, 4) is 0 Å². The van der Waals surface area contributed by atoms with Gasteiger partial charge in [-0.15, -0.1) is 0 Å². The summed E-state index contributed by atoms with van der Waals surface area (Å²) in [7, 11) is 0. The summed E-state index contributed by atoms with van der Waals surface area (Å²) >= 11 is 0. The predicted molar refractivity (Wildman–Crippen MR) is 80.3 cm³/mol. The molecule has 0 radical (unpaired) electrons. The van der Waals surface area contributed by atoms with Crippen LogP contribution < -0.4 is 5.43 Å². The van der Waals surface area contributed by atoms with Crippen LogP contribution in [0.25, 0.3) is 0 Å². The summed E-state index contributed by atoms with van der Waals surface area (Å²) in [5, 5.41) is 14.8. The van der Waals surface area contributed by atoms with Crippen LogP contribution in [0.1, 0.15) is 35.2 Å². The number of carbonyl (C=O) groups is 1. The molecule has 2 rings (SSSR count). The summed E-state index contributed by atoms with van der Waals surface area (Å²) in [6.45, 7) is 1.63. The molecule has 1 aromatic rings. The monoisotopic (exact) mass is 287 g/mol. The number of hydrogen-bond acceptors (Lipinski definition) is 4. The summed E-state index contributed by atoms with van der Waals surface area (Å²) in [5.74, 6) is -0.108. The van der Waals surface area contributed by atoms with Crippen LogP contribution in [-0.2, 0) is 0 Å². The summed E-state index contributed by atoms with van der Waals surface area (Å²) < 4.78 is 0. The molecule has 0 saturated heterocycles. The van der Waals surface area contributed by atoms with E-state index in [2.05, 4.69) is 22.7 Å². The Bertz CT molecular complexity index is 608. The molecule has 1 aliphatic carbocycles. The van der Waals surface area contributed by atoms with Crippen molar-refractivity contribution in [2.75, 3.05) is 0 Å². The molecule has 0 bridgehead atoms. The molecule has 21 heavy (non-hydrogen) atoms. The molecule has 1 atom stereocenters. The van der Waals surface area contributed by atoms with E-state index in [1.165, 1.54) is 6.07 Å². The maximum Gasteiger partial charge on any atom is 0.273 e. The molecular weight excluding hydrogens is 270 g/mol. The summed E-state index contributed by atoms with van der Waals surface area (Å²) in [4.78, 5) is 22.3. The lowest BCUT2D eigenvalue weighted by Crippen LogP contribution is -2.19. The van der Waals surface area contributed by atoms with E-state index in [1.54, 1.807) is 25.3 Å².